The highest BCUT2D eigenvalue weighted by Gasteiger charge is 2.31. The predicted molar refractivity (Wildman–Crippen MR) is 77.7 cm³/mol. The molecule has 1 aromatic carbocycles. The zero-order valence-electron chi connectivity index (χ0n) is 10.7. The lowest BCUT2D eigenvalue weighted by molar-refractivity contribution is 0.277. The van der Waals surface area contributed by atoms with Crippen molar-refractivity contribution in [3.05, 3.63) is 28.7 Å². The Hall–Kier alpha value is -0.540. The van der Waals surface area contributed by atoms with Crippen molar-refractivity contribution in [2.45, 2.75) is 32.2 Å². The van der Waals surface area contributed by atoms with E-state index in [1.54, 1.807) is 0 Å². The average molecular weight is 297 g/mol. The van der Waals surface area contributed by atoms with Crippen molar-refractivity contribution in [1.29, 1.82) is 0 Å². The largest absolute Gasteiger partial charge is 0.368 e. The Morgan fingerprint density at radius 2 is 2.12 bits per heavy atom. The summed E-state index contributed by atoms with van der Waals surface area (Å²) in [6, 6.07) is 8.60. The number of nitrogens with zero attached hydrogens (tertiary/aromatic N) is 1. The topological polar surface area (TPSA) is 15.3 Å². The number of hydrogen-bond acceptors (Lipinski definition) is 2. The van der Waals surface area contributed by atoms with E-state index in [4.69, 9.17) is 0 Å². The van der Waals surface area contributed by atoms with Gasteiger partial charge >= 0.3 is 0 Å². The average Bonchev–Trinajstić information content (AvgIpc) is 2.39. The van der Waals surface area contributed by atoms with Crippen LogP contribution in [0.25, 0.3) is 0 Å². The first-order valence-electron chi connectivity index (χ1n) is 6.44. The minimum atomic E-state index is 0.292. The quantitative estimate of drug-likeness (QED) is 0.919. The highest BCUT2D eigenvalue weighted by molar-refractivity contribution is 9.10. The zero-order chi connectivity index (χ0) is 12.3. The maximum atomic E-state index is 3.69. The fourth-order valence-corrected chi connectivity index (χ4v) is 2.96. The van der Waals surface area contributed by atoms with Crippen LogP contribution in [0.1, 0.15) is 26.7 Å². The summed E-state index contributed by atoms with van der Waals surface area (Å²) in [5.41, 5.74) is 1.62. The second-order valence-corrected chi connectivity index (χ2v) is 5.73. The van der Waals surface area contributed by atoms with Gasteiger partial charge in [-0.05, 0) is 31.0 Å². The Kier molecular flexibility index (Phi) is 4.10. The summed E-state index contributed by atoms with van der Waals surface area (Å²) >= 11 is 3.55. The van der Waals surface area contributed by atoms with Crippen LogP contribution in [0.15, 0.2) is 28.7 Å². The molecule has 0 spiro atoms. The third-order valence-electron chi connectivity index (χ3n) is 3.90. The van der Waals surface area contributed by atoms with Crippen LogP contribution in [0, 0.1) is 0 Å². The summed E-state index contributed by atoms with van der Waals surface area (Å²) < 4.78 is 1.16. The van der Waals surface area contributed by atoms with Gasteiger partial charge in [-0.3, -0.25) is 0 Å². The van der Waals surface area contributed by atoms with Gasteiger partial charge in [0.2, 0.25) is 0 Å². The molecule has 0 aromatic heterocycles. The van der Waals surface area contributed by atoms with E-state index in [0.717, 1.165) is 24.1 Å². The van der Waals surface area contributed by atoms with Crippen LogP contribution in [0.5, 0.6) is 0 Å². The third-order valence-corrected chi connectivity index (χ3v) is 4.40. The second kappa shape index (κ2) is 5.40. The Balaban J connectivity index is 2.17. The molecule has 17 heavy (non-hydrogen) atoms. The van der Waals surface area contributed by atoms with Gasteiger partial charge in [0.15, 0.2) is 0 Å². The van der Waals surface area contributed by atoms with Gasteiger partial charge in [-0.25, -0.2) is 0 Å². The van der Waals surface area contributed by atoms with Gasteiger partial charge in [-0.1, -0.05) is 35.8 Å². The van der Waals surface area contributed by atoms with E-state index in [1.807, 2.05) is 0 Å². The number of piperazine rings is 1. The lowest BCUT2D eigenvalue weighted by atomic mass is 9.90. The van der Waals surface area contributed by atoms with E-state index in [1.165, 1.54) is 18.5 Å². The van der Waals surface area contributed by atoms with Gasteiger partial charge in [-0.15, -0.1) is 0 Å². The van der Waals surface area contributed by atoms with Crippen LogP contribution < -0.4 is 10.2 Å². The van der Waals surface area contributed by atoms with Gasteiger partial charge < -0.3 is 10.2 Å². The normalized spacial score (nSPS) is 19.4. The van der Waals surface area contributed by atoms with Crippen molar-refractivity contribution in [2.75, 3.05) is 24.5 Å². The van der Waals surface area contributed by atoms with Gasteiger partial charge in [0.05, 0.1) is 0 Å². The second-order valence-electron chi connectivity index (χ2n) is 4.82. The Morgan fingerprint density at radius 1 is 1.35 bits per heavy atom. The zero-order valence-corrected chi connectivity index (χ0v) is 12.3. The molecule has 1 fully saturated rings. The standard InChI is InChI=1S/C14H21BrN2/c1-3-14(4-2)11-17(9-8-16-14)13-7-5-6-12(15)10-13/h5-7,10,16H,3-4,8-9,11H2,1-2H3. The maximum absolute atomic E-state index is 3.69. The summed E-state index contributed by atoms with van der Waals surface area (Å²) in [5, 5.41) is 3.69. The molecule has 0 atom stereocenters. The summed E-state index contributed by atoms with van der Waals surface area (Å²) in [6.45, 7) is 7.84. The van der Waals surface area contributed by atoms with Crippen LogP contribution >= 0.6 is 15.9 Å². The minimum Gasteiger partial charge on any atom is -0.368 e. The number of benzene rings is 1. The predicted octanol–water partition coefficient (Wildman–Crippen LogP) is 3.42. The molecule has 1 aliphatic rings. The Morgan fingerprint density at radius 3 is 2.76 bits per heavy atom. The molecule has 1 heterocycles. The van der Waals surface area contributed by atoms with Crippen molar-refractivity contribution in [1.82, 2.24) is 5.32 Å². The first-order valence-corrected chi connectivity index (χ1v) is 7.24. The molecular formula is C14H21BrN2. The van der Waals surface area contributed by atoms with Crippen molar-refractivity contribution in [3.8, 4) is 0 Å². The minimum absolute atomic E-state index is 0.292. The molecule has 94 valence electrons. The van der Waals surface area contributed by atoms with Crippen LogP contribution in [-0.4, -0.2) is 25.2 Å². The molecule has 0 amide bonds. The molecule has 0 saturated carbocycles. The van der Waals surface area contributed by atoms with E-state index in [0.29, 0.717) is 5.54 Å². The van der Waals surface area contributed by atoms with Crippen LogP contribution in [0.3, 0.4) is 0 Å². The van der Waals surface area contributed by atoms with Crippen molar-refractivity contribution in [3.63, 3.8) is 0 Å². The fraction of sp³-hybridized carbons (Fsp3) is 0.571. The van der Waals surface area contributed by atoms with E-state index in [-0.39, 0.29) is 0 Å². The van der Waals surface area contributed by atoms with Gasteiger partial charge in [0.1, 0.15) is 0 Å². The van der Waals surface area contributed by atoms with E-state index in [2.05, 4.69) is 64.3 Å². The number of nitrogens with one attached hydrogen (secondary N) is 1. The Bertz CT molecular complexity index is 374. The molecule has 2 rings (SSSR count). The smallest absolute Gasteiger partial charge is 0.0378 e. The third kappa shape index (κ3) is 2.83. The molecule has 0 aliphatic carbocycles. The summed E-state index contributed by atoms with van der Waals surface area (Å²) in [5.74, 6) is 0. The van der Waals surface area contributed by atoms with Crippen molar-refractivity contribution < 1.29 is 0 Å². The van der Waals surface area contributed by atoms with E-state index in [9.17, 15) is 0 Å². The molecule has 0 radical (unpaired) electrons. The molecule has 2 nitrogen and oxygen atoms in total. The van der Waals surface area contributed by atoms with Crippen LogP contribution in [-0.2, 0) is 0 Å². The summed E-state index contributed by atoms with van der Waals surface area (Å²) in [4.78, 5) is 2.49. The first-order chi connectivity index (χ1) is 8.19. The highest BCUT2D eigenvalue weighted by Crippen LogP contribution is 2.26. The van der Waals surface area contributed by atoms with Crippen LogP contribution in [0.4, 0.5) is 5.69 Å². The molecule has 1 saturated heterocycles. The van der Waals surface area contributed by atoms with Crippen LogP contribution in [0.2, 0.25) is 0 Å². The molecular weight excluding hydrogens is 276 g/mol. The molecule has 1 aliphatic heterocycles. The molecule has 0 unspecified atom stereocenters. The van der Waals surface area contributed by atoms with Crippen molar-refractivity contribution >= 4 is 21.6 Å². The van der Waals surface area contributed by atoms with Crippen molar-refractivity contribution in [2.24, 2.45) is 0 Å². The van der Waals surface area contributed by atoms with E-state index >= 15 is 0 Å². The molecule has 3 heteroatoms. The number of anilines is 1. The first kappa shape index (κ1) is 12.9. The van der Waals surface area contributed by atoms with Gasteiger partial charge in [0.25, 0.3) is 0 Å². The fourth-order valence-electron chi connectivity index (χ4n) is 2.57. The van der Waals surface area contributed by atoms with Gasteiger partial charge in [0, 0.05) is 35.3 Å². The molecule has 1 aromatic rings. The van der Waals surface area contributed by atoms with Gasteiger partial charge in [-0.2, -0.15) is 0 Å². The Labute approximate surface area is 113 Å². The summed E-state index contributed by atoms with van der Waals surface area (Å²) in [6.07, 6.45) is 2.38. The summed E-state index contributed by atoms with van der Waals surface area (Å²) in [7, 11) is 0. The molecule has 1 N–H and O–H groups in total. The number of rotatable bonds is 3. The van der Waals surface area contributed by atoms with E-state index < -0.39 is 0 Å². The monoisotopic (exact) mass is 296 g/mol. The maximum Gasteiger partial charge on any atom is 0.0378 e. The highest BCUT2D eigenvalue weighted by atomic mass is 79.9. The lowest BCUT2D eigenvalue weighted by Crippen LogP contribution is -2.60. The SMILES string of the molecule is CCC1(CC)CN(c2cccc(Br)c2)CCN1. The number of hydrogen-bond donors (Lipinski definition) is 1. The lowest BCUT2D eigenvalue weighted by Gasteiger charge is -2.44. The molecule has 0 bridgehead atoms. The number of halogens is 1.